The standard InChI is InChI=1S/C24H28N4O3S/c1-16-7-5-8-17(13-16)23-25-26-24(27(23)2)32-15-22(29)28-12-6-9-20(28)19-14-18(30-3)10-11-21(19)31-4/h5,7-8,10-11,13-14,20H,6,9,12,15H2,1-4H3. The maximum atomic E-state index is 13.2. The van der Waals surface area contributed by atoms with E-state index in [0.29, 0.717) is 5.75 Å². The molecule has 7 nitrogen and oxygen atoms in total. The van der Waals surface area contributed by atoms with Gasteiger partial charge in [0.15, 0.2) is 11.0 Å². The Balaban J connectivity index is 1.48. The third-order valence-corrected chi connectivity index (χ3v) is 6.81. The summed E-state index contributed by atoms with van der Waals surface area (Å²) in [4.78, 5) is 15.1. The van der Waals surface area contributed by atoms with Crippen LogP contribution in [0, 0.1) is 6.92 Å². The zero-order valence-corrected chi connectivity index (χ0v) is 19.7. The second-order valence-electron chi connectivity index (χ2n) is 7.88. The van der Waals surface area contributed by atoms with E-state index in [4.69, 9.17) is 9.47 Å². The normalized spacial score (nSPS) is 15.8. The van der Waals surface area contributed by atoms with Gasteiger partial charge in [0.25, 0.3) is 0 Å². The van der Waals surface area contributed by atoms with Crippen LogP contribution in [0.4, 0.5) is 0 Å². The van der Waals surface area contributed by atoms with E-state index >= 15 is 0 Å². The summed E-state index contributed by atoms with van der Waals surface area (Å²) >= 11 is 1.42. The van der Waals surface area contributed by atoms with E-state index in [2.05, 4.69) is 29.3 Å². The number of likely N-dealkylation sites (tertiary alicyclic amines) is 1. The van der Waals surface area contributed by atoms with Gasteiger partial charge in [0.05, 0.1) is 26.0 Å². The zero-order valence-electron chi connectivity index (χ0n) is 18.9. The number of ether oxygens (including phenoxy) is 2. The number of hydrogen-bond acceptors (Lipinski definition) is 6. The molecule has 3 aromatic rings. The van der Waals surface area contributed by atoms with Gasteiger partial charge in [-0.15, -0.1) is 10.2 Å². The van der Waals surface area contributed by atoms with Crippen molar-refractivity contribution >= 4 is 17.7 Å². The molecule has 1 aliphatic heterocycles. The summed E-state index contributed by atoms with van der Waals surface area (Å²) in [5.41, 5.74) is 3.17. The third kappa shape index (κ3) is 4.46. The maximum Gasteiger partial charge on any atom is 0.233 e. The van der Waals surface area contributed by atoms with Crippen molar-refractivity contribution in [2.24, 2.45) is 7.05 Å². The fourth-order valence-electron chi connectivity index (χ4n) is 4.17. The fourth-order valence-corrected chi connectivity index (χ4v) is 4.97. The van der Waals surface area contributed by atoms with Gasteiger partial charge in [0, 0.05) is 24.7 Å². The molecular weight excluding hydrogens is 424 g/mol. The van der Waals surface area contributed by atoms with Crippen molar-refractivity contribution in [2.45, 2.75) is 31.0 Å². The van der Waals surface area contributed by atoms with Crippen LogP contribution in [0.2, 0.25) is 0 Å². The number of carbonyl (C=O) groups is 1. The van der Waals surface area contributed by atoms with Gasteiger partial charge >= 0.3 is 0 Å². The Morgan fingerprint density at radius 2 is 2.00 bits per heavy atom. The smallest absolute Gasteiger partial charge is 0.233 e. The molecule has 1 aliphatic rings. The zero-order chi connectivity index (χ0) is 22.7. The quantitative estimate of drug-likeness (QED) is 0.499. The number of carbonyl (C=O) groups excluding carboxylic acids is 1. The van der Waals surface area contributed by atoms with E-state index in [-0.39, 0.29) is 11.9 Å². The Morgan fingerprint density at radius 3 is 2.75 bits per heavy atom. The predicted octanol–water partition coefficient (Wildman–Crippen LogP) is 4.26. The van der Waals surface area contributed by atoms with Crippen molar-refractivity contribution in [1.29, 1.82) is 0 Å². The Kier molecular flexibility index (Phi) is 6.69. The Bertz CT molecular complexity index is 1110. The van der Waals surface area contributed by atoms with Crippen LogP contribution >= 0.6 is 11.8 Å². The van der Waals surface area contributed by atoms with Crippen molar-refractivity contribution in [2.75, 3.05) is 26.5 Å². The summed E-state index contributed by atoms with van der Waals surface area (Å²) in [5, 5.41) is 9.39. The highest BCUT2D eigenvalue weighted by molar-refractivity contribution is 7.99. The molecule has 0 N–H and O–H groups in total. The third-order valence-electron chi connectivity index (χ3n) is 5.80. The monoisotopic (exact) mass is 452 g/mol. The van der Waals surface area contributed by atoms with Crippen LogP contribution < -0.4 is 9.47 Å². The Morgan fingerprint density at radius 1 is 1.16 bits per heavy atom. The summed E-state index contributed by atoms with van der Waals surface area (Å²) in [6, 6.07) is 13.9. The molecule has 0 spiro atoms. The lowest BCUT2D eigenvalue weighted by atomic mass is 10.0. The van der Waals surface area contributed by atoms with Crippen LogP contribution in [-0.4, -0.2) is 52.1 Å². The van der Waals surface area contributed by atoms with Crippen LogP contribution in [0.5, 0.6) is 11.5 Å². The number of nitrogens with zero attached hydrogens (tertiary/aromatic N) is 4. The highest BCUT2D eigenvalue weighted by Gasteiger charge is 2.32. The van der Waals surface area contributed by atoms with Crippen molar-refractivity contribution < 1.29 is 14.3 Å². The van der Waals surface area contributed by atoms with Crippen LogP contribution in [0.1, 0.15) is 30.0 Å². The summed E-state index contributed by atoms with van der Waals surface area (Å²) in [6.07, 6.45) is 1.87. The van der Waals surface area contributed by atoms with Gasteiger partial charge in [-0.3, -0.25) is 4.79 Å². The molecule has 4 rings (SSSR count). The molecule has 2 aromatic carbocycles. The first-order valence-corrected chi connectivity index (χ1v) is 11.6. The molecule has 1 fully saturated rings. The second kappa shape index (κ2) is 9.65. The number of aryl methyl sites for hydroxylation is 1. The summed E-state index contributed by atoms with van der Waals surface area (Å²) in [5.74, 6) is 2.73. The Labute approximate surface area is 192 Å². The first-order chi connectivity index (χ1) is 15.5. The molecule has 8 heteroatoms. The van der Waals surface area contributed by atoms with Crippen molar-refractivity contribution in [3.63, 3.8) is 0 Å². The molecule has 1 unspecified atom stereocenters. The maximum absolute atomic E-state index is 13.2. The van der Waals surface area contributed by atoms with Gasteiger partial charge < -0.3 is 18.9 Å². The van der Waals surface area contributed by atoms with Crippen LogP contribution in [-0.2, 0) is 11.8 Å². The van der Waals surface area contributed by atoms with Crippen LogP contribution in [0.3, 0.4) is 0 Å². The number of hydrogen-bond donors (Lipinski definition) is 0. The highest BCUT2D eigenvalue weighted by Crippen LogP contribution is 2.39. The predicted molar refractivity (Wildman–Crippen MR) is 125 cm³/mol. The highest BCUT2D eigenvalue weighted by atomic mass is 32.2. The number of thioether (sulfide) groups is 1. The van der Waals surface area contributed by atoms with Gasteiger partial charge in [0.2, 0.25) is 5.91 Å². The lowest BCUT2D eigenvalue weighted by molar-refractivity contribution is -0.129. The summed E-state index contributed by atoms with van der Waals surface area (Å²) < 4.78 is 12.9. The topological polar surface area (TPSA) is 69.5 Å². The molecule has 32 heavy (non-hydrogen) atoms. The van der Waals surface area contributed by atoms with E-state index < -0.39 is 0 Å². The van der Waals surface area contributed by atoms with Gasteiger partial charge in [-0.2, -0.15) is 0 Å². The molecule has 168 valence electrons. The number of methoxy groups -OCH3 is 2. The molecule has 0 aliphatic carbocycles. The van der Waals surface area contributed by atoms with E-state index in [1.165, 1.54) is 17.3 Å². The summed E-state index contributed by atoms with van der Waals surface area (Å²) in [6.45, 7) is 2.79. The van der Waals surface area contributed by atoms with Crippen LogP contribution in [0.25, 0.3) is 11.4 Å². The summed E-state index contributed by atoms with van der Waals surface area (Å²) in [7, 11) is 5.23. The molecule has 0 saturated carbocycles. The first-order valence-electron chi connectivity index (χ1n) is 10.6. The van der Waals surface area contributed by atoms with E-state index in [0.717, 1.165) is 53.0 Å². The van der Waals surface area contributed by atoms with Gasteiger partial charge in [0.1, 0.15) is 11.5 Å². The molecular formula is C24H28N4O3S. The van der Waals surface area contributed by atoms with Crippen molar-refractivity contribution in [3.8, 4) is 22.9 Å². The molecule has 1 amide bonds. The van der Waals surface area contributed by atoms with Gasteiger partial charge in [-0.25, -0.2) is 0 Å². The SMILES string of the molecule is COc1ccc(OC)c(C2CCCN2C(=O)CSc2nnc(-c3cccc(C)c3)n2C)c1. The first kappa shape index (κ1) is 22.2. The molecule has 1 saturated heterocycles. The number of rotatable bonds is 7. The molecule has 0 radical (unpaired) electrons. The molecule has 1 atom stereocenters. The molecule has 2 heterocycles. The van der Waals surface area contributed by atoms with Crippen LogP contribution in [0.15, 0.2) is 47.6 Å². The number of amides is 1. The minimum atomic E-state index is -0.0181. The lowest BCUT2D eigenvalue weighted by Crippen LogP contribution is -2.32. The second-order valence-corrected chi connectivity index (χ2v) is 8.82. The fraction of sp³-hybridized carbons (Fsp3) is 0.375. The average molecular weight is 453 g/mol. The minimum Gasteiger partial charge on any atom is -0.497 e. The molecule has 1 aromatic heterocycles. The van der Waals surface area contributed by atoms with Gasteiger partial charge in [-0.05, 0) is 44.0 Å². The van der Waals surface area contributed by atoms with Crippen molar-refractivity contribution in [3.05, 3.63) is 53.6 Å². The number of aromatic nitrogens is 3. The number of benzene rings is 2. The average Bonchev–Trinajstić information content (AvgIpc) is 3.44. The van der Waals surface area contributed by atoms with E-state index in [1.807, 2.05) is 46.8 Å². The van der Waals surface area contributed by atoms with Crippen molar-refractivity contribution in [1.82, 2.24) is 19.7 Å². The molecule has 0 bridgehead atoms. The van der Waals surface area contributed by atoms with E-state index in [9.17, 15) is 4.79 Å². The largest absolute Gasteiger partial charge is 0.497 e. The van der Waals surface area contributed by atoms with Gasteiger partial charge in [-0.1, -0.05) is 35.5 Å². The van der Waals surface area contributed by atoms with E-state index in [1.54, 1.807) is 14.2 Å². The minimum absolute atomic E-state index is 0.0181. The lowest BCUT2D eigenvalue weighted by Gasteiger charge is -2.26. The Hall–Kier alpha value is -3.00.